The monoisotopic (exact) mass is 395 g/mol. The van der Waals surface area contributed by atoms with Gasteiger partial charge in [0.15, 0.2) is 0 Å². The van der Waals surface area contributed by atoms with Gasteiger partial charge in [0.1, 0.15) is 0 Å². The number of rotatable bonds is 3. The Hall–Kier alpha value is -2.59. The topological polar surface area (TPSA) is 46.6 Å². The number of fused-ring (bicyclic) bond motifs is 2. The molecule has 1 amide bonds. The van der Waals surface area contributed by atoms with Gasteiger partial charge >= 0.3 is 5.97 Å². The molecule has 2 unspecified atom stereocenters. The molecule has 1 saturated carbocycles. The van der Waals surface area contributed by atoms with Crippen LogP contribution in [0.15, 0.2) is 36.4 Å². The molecule has 2 aliphatic rings. The Bertz CT molecular complexity index is 982. The lowest BCUT2D eigenvalue weighted by Crippen LogP contribution is -2.29. The lowest BCUT2D eigenvalue weighted by molar-refractivity contribution is -0.144. The van der Waals surface area contributed by atoms with Gasteiger partial charge in [0.25, 0.3) is 0 Å². The van der Waals surface area contributed by atoms with E-state index in [1.807, 2.05) is 25.1 Å². The molecule has 0 saturated heterocycles. The predicted octanol–water partition coefficient (Wildman–Crippen LogP) is 5.04. The maximum absolute atomic E-state index is 12.4. The lowest BCUT2D eigenvalue weighted by atomic mass is 9.97. The van der Waals surface area contributed by atoms with Gasteiger partial charge in [-0.1, -0.05) is 42.0 Å². The number of esters is 1. The van der Waals surface area contributed by atoms with E-state index in [-0.39, 0.29) is 23.7 Å². The molecule has 4 nitrogen and oxygen atoms in total. The fourth-order valence-electron chi connectivity index (χ4n) is 3.85. The summed E-state index contributed by atoms with van der Waals surface area (Å²) < 4.78 is 5.15. The molecule has 1 heterocycles. The van der Waals surface area contributed by atoms with Crippen molar-refractivity contribution >= 4 is 41.3 Å². The minimum absolute atomic E-state index is 0.0222. The number of halogens is 1. The number of hydrogen-bond acceptors (Lipinski definition) is 3. The largest absolute Gasteiger partial charge is 0.466 e. The average Bonchev–Trinajstić information content (AvgIpc) is 3.44. The number of nitrogens with zero attached hydrogens (tertiary/aromatic N) is 1. The summed E-state index contributed by atoms with van der Waals surface area (Å²) >= 11 is 6.15. The Morgan fingerprint density at radius 3 is 2.68 bits per heavy atom. The van der Waals surface area contributed by atoms with Crippen molar-refractivity contribution in [3.05, 3.63) is 63.7 Å². The van der Waals surface area contributed by atoms with Crippen LogP contribution >= 0.6 is 11.6 Å². The molecule has 0 bridgehead atoms. The molecule has 0 aromatic heterocycles. The van der Waals surface area contributed by atoms with Crippen LogP contribution in [0.2, 0.25) is 5.02 Å². The number of carbonyl (C=O) groups excluding carboxylic acids is 2. The molecule has 0 N–H and O–H groups in total. The highest BCUT2D eigenvalue weighted by atomic mass is 35.5. The van der Waals surface area contributed by atoms with Crippen molar-refractivity contribution in [2.75, 3.05) is 11.5 Å². The van der Waals surface area contributed by atoms with E-state index in [1.165, 1.54) is 0 Å². The van der Waals surface area contributed by atoms with Crippen LogP contribution in [0.3, 0.4) is 0 Å². The highest BCUT2D eigenvalue weighted by Crippen LogP contribution is 2.48. The zero-order valence-corrected chi connectivity index (χ0v) is 16.7. The molecule has 2 aromatic rings. The Kier molecular flexibility index (Phi) is 4.98. The van der Waals surface area contributed by atoms with E-state index in [2.05, 4.69) is 24.3 Å². The zero-order valence-electron chi connectivity index (χ0n) is 15.9. The maximum atomic E-state index is 12.4. The van der Waals surface area contributed by atoms with Gasteiger partial charge in [0.2, 0.25) is 5.91 Å². The summed E-state index contributed by atoms with van der Waals surface area (Å²) in [6, 6.07) is 11.8. The summed E-state index contributed by atoms with van der Waals surface area (Å²) in [7, 11) is 0. The van der Waals surface area contributed by atoms with E-state index in [4.69, 9.17) is 16.3 Å². The third kappa shape index (κ3) is 3.57. The van der Waals surface area contributed by atoms with Crippen LogP contribution in [0.4, 0.5) is 5.69 Å². The van der Waals surface area contributed by atoms with Crippen LogP contribution in [0.1, 0.15) is 48.4 Å². The Morgan fingerprint density at radius 1 is 1.14 bits per heavy atom. The van der Waals surface area contributed by atoms with Crippen molar-refractivity contribution in [1.29, 1.82) is 0 Å². The van der Waals surface area contributed by atoms with Crippen molar-refractivity contribution in [2.45, 2.75) is 32.7 Å². The standard InChI is InChI=1S/C23H22ClNO3/c1-3-28-23(27)21-12-20(21)16-6-4-15-5-7-17-11-19(24)8-9-22(17)25(14(2)26)13-18(15)10-16/h4-11,20-21H,3,12-13H2,1-2H3/b7-5-. The summed E-state index contributed by atoms with van der Waals surface area (Å²) in [4.78, 5) is 26.1. The fraction of sp³-hybridized carbons (Fsp3) is 0.304. The molecule has 1 aliphatic heterocycles. The first-order chi connectivity index (χ1) is 13.5. The van der Waals surface area contributed by atoms with Crippen LogP contribution in [0.25, 0.3) is 12.2 Å². The van der Waals surface area contributed by atoms with E-state index in [9.17, 15) is 9.59 Å². The van der Waals surface area contributed by atoms with Crippen LogP contribution in [0, 0.1) is 5.92 Å². The number of carbonyl (C=O) groups is 2. The van der Waals surface area contributed by atoms with E-state index < -0.39 is 0 Å². The minimum Gasteiger partial charge on any atom is -0.466 e. The van der Waals surface area contributed by atoms with E-state index in [1.54, 1.807) is 17.9 Å². The summed E-state index contributed by atoms with van der Waals surface area (Å²) in [5, 5.41) is 0.641. The number of amides is 1. The Morgan fingerprint density at radius 2 is 1.93 bits per heavy atom. The normalized spacial score (nSPS) is 21.0. The number of ether oxygens (including phenoxy) is 1. The molecule has 5 heteroatoms. The molecule has 0 spiro atoms. The molecule has 1 fully saturated rings. The van der Waals surface area contributed by atoms with Crippen molar-refractivity contribution in [3.8, 4) is 0 Å². The second-order valence-electron chi connectivity index (χ2n) is 7.30. The van der Waals surface area contributed by atoms with Gasteiger partial charge in [-0.15, -0.1) is 0 Å². The van der Waals surface area contributed by atoms with Crippen LogP contribution in [0.5, 0.6) is 0 Å². The van der Waals surface area contributed by atoms with E-state index >= 15 is 0 Å². The van der Waals surface area contributed by atoms with Crippen molar-refractivity contribution in [2.24, 2.45) is 5.92 Å². The smallest absolute Gasteiger partial charge is 0.309 e. The minimum atomic E-state index is -0.115. The summed E-state index contributed by atoms with van der Waals surface area (Å²) in [5.74, 6) is 0.0193. The predicted molar refractivity (Wildman–Crippen MR) is 111 cm³/mol. The second-order valence-corrected chi connectivity index (χ2v) is 7.74. The first-order valence-electron chi connectivity index (χ1n) is 9.53. The Balaban J connectivity index is 1.68. The highest BCUT2D eigenvalue weighted by molar-refractivity contribution is 6.30. The number of anilines is 1. The first-order valence-corrected chi connectivity index (χ1v) is 9.91. The maximum Gasteiger partial charge on any atom is 0.309 e. The molecule has 144 valence electrons. The first kappa shape index (κ1) is 18.8. The molecular weight excluding hydrogens is 374 g/mol. The third-order valence-electron chi connectivity index (χ3n) is 5.41. The SMILES string of the molecule is CCOC(=O)C1CC1c1ccc2c(c1)CN(C(C)=O)c1ccc(Cl)cc1/C=C\2. The van der Waals surface area contributed by atoms with E-state index in [0.29, 0.717) is 18.2 Å². The quantitative estimate of drug-likeness (QED) is 0.683. The average molecular weight is 396 g/mol. The van der Waals surface area contributed by atoms with Gasteiger partial charge in [-0.05, 0) is 59.7 Å². The van der Waals surface area contributed by atoms with Crippen LogP contribution in [-0.2, 0) is 20.9 Å². The highest BCUT2D eigenvalue weighted by Gasteiger charge is 2.45. The van der Waals surface area contributed by atoms with Gasteiger partial charge in [-0.25, -0.2) is 0 Å². The van der Waals surface area contributed by atoms with Crippen LogP contribution < -0.4 is 4.90 Å². The molecule has 1 aliphatic carbocycles. The van der Waals surface area contributed by atoms with Gasteiger partial charge in [-0.2, -0.15) is 0 Å². The molecule has 2 aromatic carbocycles. The Labute approximate surface area is 169 Å². The third-order valence-corrected chi connectivity index (χ3v) is 5.64. The van der Waals surface area contributed by atoms with Crippen molar-refractivity contribution < 1.29 is 14.3 Å². The molecular formula is C23H22ClNO3. The van der Waals surface area contributed by atoms with Gasteiger partial charge in [0.05, 0.1) is 24.8 Å². The lowest BCUT2D eigenvalue weighted by Gasteiger charge is -2.26. The molecule has 4 rings (SSSR count). The van der Waals surface area contributed by atoms with Gasteiger partial charge in [-0.3, -0.25) is 9.59 Å². The van der Waals surface area contributed by atoms with Gasteiger partial charge in [0, 0.05) is 11.9 Å². The van der Waals surface area contributed by atoms with Gasteiger partial charge < -0.3 is 9.64 Å². The van der Waals surface area contributed by atoms with Crippen molar-refractivity contribution in [1.82, 2.24) is 0 Å². The number of hydrogen-bond donors (Lipinski definition) is 0. The zero-order chi connectivity index (χ0) is 19.8. The summed E-state index contributed by atoms with van der Waals surface area (Å²) in [5.41, 5.74) is 5.03. The fourth-order valence-corrected chi connectivity index (χ4v) is 4.03. The number of benzene rings is 2. The summed E-state index contributed by atoms with van der Waals surface area (Å²) in [6.45, 7) is 4.29. The molecule has 28 heavy (non-hydrogen) atoms. The second kappa shape index (κ2) is 7.44. The van der Waals surface area contributed by atoms with Crippen LogP contribution in [-0.4, -0.2) is 18.5 Å². The molecule has 0 radical (unpaired) electrons. The molecule has 2 atom stereocenters. The van der Waals surface area contributed by atoms with Crippen molar-refractivity contribution in [3.63, 3.8) is 0 Å². The summed E-state index contributed by atoms with van der Waals surface area (Å²) in [6.07, 6.45) is 4.88. The van der Waals surface area contributed by atoms with E-state index in [0.717, 1.165) is 34.4 Å².